The molecule has 0 aromatic rings. The second-order valence-electron chi connectivity index (χ2n) is 6.04. The maximum absolute atomic E-state index is 6.18. The molecule has 0 fully saturated rings. The Hall–Kier alpha value is -0.0800. The second kappa shape index (κ2) is 10.7. The Kier molecular flexibility index (Phi) is 10.6. The lowest BCUT2D eigenvalue weighted by atomic mass is 9.84. The van der Waals surface area contributed by atoms with Crippen LogP contribution in [0.25, 0.3) is 0 Å². The lowest BCUT2D eigenvalue weighted by Crippen LogP contribution is -2.52. The summed E-state index contributed by atoms with van der Waals surface area (Å²) in [5, 5.41) is 3.75. The highest BCUT2D eigenvalue weighted by Gasteiger charge is 2.35. The molecule has 1 N–H and O–H groups in total. The minimum atomic E-state index is 0.0287. The molecule has 0 rings (SSSR count). The highest BCUT2D eigenvalue weighted by Crippen LogP contribution is 2.28. The molecule has 0 saturated carbocycles. The van der Waals surface area contributed by atoms with Crippen molar-refractivity contribution in [1.29, 1.82) is 0 Å². The summed E-state index contributed by atoms with van der Waals surface area (Å²) < 4.78 is 6.18. The summed E-state index contributed by atoms with van der Waals surface area (Å²) in [7, 11) is 0. The van der Waals surface area contributed by atoms with Gasteiger partial charge in [-0.15, -0.1) is 0 Å². The summed E-state index contributed by atoms with van der Waals surface area (Å²) in [6, 6.07) is 0.501. The number of hydrogen-bond donors (Lipinski definition) is 1. The predicted molar refractivity (Wildman–Crippen MR) is 85.7 cm³/mol. The molecule has 0 aromatic carbocycles. The van der Waals surface area contributed by atoms with Gasteiger partial charge < -0.3 is 10.1 Å². The van der Waals surface area contributed by atoms with Crippen LogP contribution in [0.2, 0.25) is 0 Å². The van der Waals surface area contributed by atoms with E-state index in [1.165, 1.54) is 25.7 Å². The van der Waals surface area contributed by atoms with Crippen LogP contribution in [0.5, 0.6) is 0 Å². The maximum atomic E-state index is 6.18. The summed E-state index contributed by atoms with van der Waals surface area (Å²) in [4.78, 5) is 0. The molecule has 116 valence electrons. The quantitative estimate of drug-likeness (QED) is 0.552. The highest BCUT2D eigenvalue weighted by molar-refractivity contribution is 4.91. The van der Waals surface area contributed by atoms with E-state index >= 15 is 0 Å². The fraction of sp³-hybridized carbons (Fsp3) is 1.00. The van der Waals surface area contributed by atoms with Crippen LogP contribution in [0, 0.1) is 5.92 Å². The van der Waals surface area contributed by atoms with Crippen molar-refractivity contribution in [3.8, 4) is 0 Å². The van der Waals surface area contributed by atoms with E-state index in [-0.39, 0.29) is 5.60 Å². The van der Waals surface area contributed by atoms with Crippen molar-refractivity contribution in [2.75, 3.05) is 13.2 Å². The summed E-state index contributed by atoms with van der Waals surface area (Å²) >= 11 is 0. The first-order valence-electron chi connectivity index (χ1n) is 8.43. The van der Waals surface area contributed by atoms with E-state index in [2.05, 4.69) is 46.9 Å². The Morgan fingerprint density at radius 3 is 2.05 bits per heavy atom. The van der Waals surface area contributed by atoms with Gasteiger partial charge in [0.1, 0.15) is 0 Å². The van der Waals surface area contributed by atoms with Crippen molar-refractivity contribution in [2.24, 2.45) is 5.92 Å². The summed E-state index contributed by atoms with van der Waals surface area (Å²) in [5.41, 5.74) is 0.0287. The second-order valence-corrected chi connectivity index (χ2v) is 6.04. The van der Waals surface area contributed by atoms with Gasteiger partial charge in [-0.1, -0.05) is 47.5 Å². The van der Waals surface area contributed by atoms with Gasteiger partial charge in [0, 0.05) is 12.6 Å². The lowest BCUT2D eigenvalue weighted by molar-refractivity contribution is -0.0742. The molecule has 0 aliphatic carbocycles. The molecule has 0 aliphatic heterocycles. The first-order chi connectivity index (χ1) is 9.06. The molecule has 0 spiro atoms. The van der Waals surface area contributed by atoms with Crippen LogP contribution in [0.1, 0.15) is 80.1 Å². The molecule has 1 atom stereocenters. The SMILES string of the molecule is CCCNC(CCCC(C)C)C(CC)(CC)OCC. The molecule has 0 amide bonds. The van der Waals surface area contributed by atoms with Crippen LogP contribution in [0.15, 0.2) is 0 Å². The Labute approximate surface area is 121 Å². The van der Waals surface area contributed by atoms with Gasteiger partial charge in [0.15, 0.2) is 0 Å². The van der Waals surface area contributed by atoms with Crippen LogP contribution >= 0.6 is 0 Å². The normalized spacial score (nSPS) is 14.1. The van der Waals surface area contributed by atoms with Crippen LogP contribution in [-0.4, -0.2) is 24.8 Å². The van der Waals surface area contributed by atoms with Crippen LogP contribution in [0.4, 0.5) is 0 Å². The Bertz CT molecular complexity index is 199. The van der Waals surface area contributed by atoms with Gasteiger partial charge in [-0.2, -0.15) is 0 Å². The summed E-state index contributed by atoms with van der Waals surface area (Å²) in [5.74, 6) is 0.802. The molecule has 0 aliphatic rings. The Morgan fingerprint density at radius 2 is 1.63 bits per heavy atom. The topological polar surface area (TPSA) is 21.3 Å². The zero-order chi connectivity index (χ0) is 14.7. The number of nitrogens with one attached hydrogen (secondary N) is 1. The van der Waals surface area contributed by atoms with Gasteiger partial charge in [0.25, 0.3) is 0 Å². The fourth-order valence-electron chi connectivity index (χ4n) is 2.93. The number of hydrogen-bond acceptors (Lipinski definition) is 2. The molecular weight excluding hydrogens is 234 g/mol. The van der Waals surface area contributed by atoms with E-state index < -0.39 is 0 Å². The van der Waals surface area contributed by atoms with Crippen LogP contribution in [0.3, 0.4) is 0 Å². The first kappa shape index (κ1) is 18.9. The average Bonchev–Trinajstić information content (AvgIpc) is 2.40. The van der Waals surface area contributed by atoms with Crippen molar-refractivity contribution >= 4 is 0 Å². The lowest BCUT2D eigenvalue weighted by Gasteiger charge is -2.40. The molecule has 19 heavy (non-hydrogen) atoms. The monoisotopic (exact) mass is 271 g/mol. The third-order valence-electron chi connectivity index (χ3n) is 4.18. The molecule has 0 heterocycles. The van der Waals surface area contributed by atoms with Gasteiger partial charge in [-0.3, -0.25) is 0 Å². The molecule has 2 nitrogen and oxygen atoms in total. The molecule has 0 bridgehead atoms. The van der Waals surface area contributed by atoms with E-state index in [1.54, 1.807) is 0 Å². The van der Waals surface area contributed by atoms with Crippen LogP contribution in [-0.2, 0) is 4.74 Å². The van der Waals surface area contributed by atoms with Gasteiger partial charge in [0.2, 0.25) is 0 Å². The Morgan fingerprint density at radius 1 is 1.00 bits per heavy atom. The summed E-state index contributed by atoms with van der Waals surface area (Å²) in [6.07, 6.45) is 7.24. The van der Waals surface area contributed by atoms with Crippen LogP contribution < -0.4 is 5.32 Å². The highest BCUT2D eigenvalue weighted by atomic mass is 16.5. The van der Waals surface area contributed by atoms with Crippen molar-refractivity contribution in [3.05, 3.63) is 0 Å². The van der Waals surface area contributed by atoms with Gasteiger partial charge in [-0.05, 0) is 45.1 Å². The zero-order valence-corrected chi connectivity index (χ0v) is 14.2. The van der Waals surface area contributed by atoms with Gasteiger partial charge >= 0.3 is 0 Å². The van der Waals surface area contributed by atoms with E-state index in [9.17, 15) is 0 Å². The molecule has 0 saturated heterocycles. The van der Waals surface area contributed by atoms with Crippen molar-refractivity contribution in [2.45, 2.75) is 91.7 Å². The predicted octanol–water partition coefficient (Wildman–Crippen LogP) is 4.78. The van der Waals surface area contributed by atoms with E-state index in [0.29, 0.717) is 6.04 Å². The maximum Gasteiger partial charge on any atom is 0.0829 e. The Balaban J connectivity index is 4.64. The number of rotatable bonds is 12. The third kappa shape index (κ3) is 6.76. The largest absolute Gasteiger partial charge is 0.374 e. The first-order valence-corrected chi connectivity index (χ1v) is 8.43. The molecule has 0 radical (unpaired) electrons. The minimum Gasteiger partial charge on any atom is -0.374 e. The summed E-state index contributed by atoms with van der Waals surface area (Å²) in [6.45, 7) is 15.4. The number of ether oxygens (including phenoxy) is 1. The van der Waals surface area contributed by atoms with Crippen molar-refractivity contribution in [3.63, 3.8) is 0 Å². The molecule has 2 heteroatoms. The zero-order valence-electron chi connectivity index (χ0n) is 14.2. The molecular formula is C17H37NO. The third-order valence-corrected chi connectivity index (χ3v) is 4.18. The average molecular weight is 271 g/mol. The van der Waals surface area contributed by atoms with E-state index in [0.717, 1.165) is 31.9 Å². The smallest absolute Gasteiger partial charge is 0.0829 e. The van der Waals surface area contributed by atoms with E-state index in [1.807, 2.05) is 0 Å². The van der Waals surface area contributed by atoms with Gasteiger partial charge in [0.05, 0.1) is 5.60 Å². The molecule has 1 unspecified atom stereocenters. The van der Waals surface area contributed by atoms with Crippen molar-refractivity contribution in [1.82, 2.24) is 5.32 Å². The minimum absolute atomic E-state index is 0.0287. The fourth-order valence-corrected chi connectivity index (χ4v) is 2.93. The van der Waals surface area contributed by atoms with Gasteiger partial charge in [-0.25, -0.2) is 0 Å². The van der Waals surface area contributed by atoms with Crippen molar-refractivity contribution < 1.29 is 4.74 Å². The molecule has 0 aromatic heterocycles. The standard InChI is InChI=1S/C17H37NO/c1-7-14-18-16(13-11-12-15(5)6)17(8-2,9-3)19-10-4/h15-16,18H,7-14H2,1-6H3. The van der Waals surface area contributed by atoms with E-state index in [4.69, 9.17) is 4.74 Å².